The molecule has 0 amide bonds. The van der Waals surface area contributed by atoms with Gasteiger partial charge < -0.3 is 5.11 Å². The Bertz CT molecular complexity index is 605. The predicted molar refractivity (Wildman–Crippen MR) is 77.4 cm³/mol. The fourth-order valence-electron chi connectivity index (χ4n) is 3.18. The van der Waals surface area contributed by atoms with Crippen molar-refractivity contribution in [3.8, 4) is 0 Å². The highest BCUT2D eigenvalue weighted by molar-refractivity contribution is 5.35. The minimum atomic E-state index is -0.811. The van der Waals surface area contributed by atoms with Gasteiger partial charge in [-0.05, 0) is 44.2 Å². The highest BCUT2D eigenvalue weighted by atomic mass is 16.3. The lowest BCUT2D eigenvalue weighted by Crippen LogP contribution is -2.34. The molecule has 1 aliphatic rings. The number of aryl methyl sites for hydroxylation is 1. The zero-order valence-corrected chi connectivity index (χ0v) is 12.1. The van der Waals surface area contributed by atoms with Crippen LogP contribution in [0.1, 0.15) is 49.7 Å². The molecule has 0 bridgehead atoms. The van der Waals surface area contributed by atoms with Crippen molar-refractivity contribution in [2.75, 3.05) is 0 Å². The van der Waals surface area contributed by atoms with Gasteiger partial charge in [-0.3, -0.25) is 0 Å². The second-order valence-corrected chi connectivity index (χ2v) is 5.93. The Morgan fingerprint density at radius 3 is 2.95 bits per heavy atom. The van der Waals surface area contributed by atoms with Crippen LogP contribution in [0.15, 0.2) is 30.6 Å². The van der Waals surface area contributed by atoms with Gasteiger partial charge in [-0.1, -0.05) is 24.3 Å². The summed E-state index contributed by atoms with van der Waals surface area (Å²) in [5.74, 6) is 0.860. The van der Waals surface area contributed by atoms with Gasteiger partial charge in [0.2, 0.25) is 0 Å². The van der Waals surface area contributed by atoms with Gasteiger partial charge in [-0.15, -0.1) is 0 Å². The highest BCUT2D eigenvalue weighted by Gasteiger charge is 2.35. The van der Waals surface area contributed by atoms with E-state index < -0.39 is 5.60 Å². The van der Waals surface area contributed by atoms with E-state index in [1.54, 1.807) is 6.33 Å². The summed E-state index contributed by atoms with van der Waals surface area (Å²) in [4.78, 5) is 4.34. The maximum Gasteiger partial charge on any atom is 0.138 e. The Hall–Kier alpha value is -1.68. The largest absolute Gasteiger partial charge is 0.385 e. The molecule has 0 spiro atoms. The monoisotopic (exact) mass is 271 g/mol. The van der Waals surface area contributed by atoms with Crippen molar-refractivity contribution < 1.29 is 5.11 Å². The minimum Gasteiger partial charge on any atom is -0.385 e. The molecule has 4 nitrogen and oxygen atoms in total. The second kappa shape index (κ2) is 5.02. The zero-order valence-electron chi connectivity index (χ0n) is 12.1. The molecule has 0 fully saturated rings. The Kier molecular flexibility index (Phi) is 3.34. The van der Waals surface area contributed by atoms with Crippen molar-refractivity contribution in [1.82, 2.24) is 14.8 Å². The first-order chi connectivity index (χ1) is 9.60. The number of hydrogen-bond donors (Lipinski definition) is 1. The first kappa shape index (κ1) is 13.3. The number of hydrogen-bond acceptors (Lipinski definition) is 3. The molecule has 0 saturated heterocycles. The van der Waals surface area contributed by atoms with E-state index in [0.717, 1.165) is 30.7 Å². The minimum absolute atomic E-state index is 0.259. The van der Waals surface area contributed by atoms with Crippen LogP contribution in [0.2, 0.25) is 0 Å². The van der Waals surface area contributed by atoms with E-state index in [2.05, 4.69) is 30.0 Å². The summed E-state index contributed by atoms with van der Waals surface area (Å²) >= 11 is 0. The average molecular weight is 271 g/mol. The lowest BCUT2D eigenvalue weighted by molar-refractivity contribution is 0.0159. The maximum absolute atomic E-state index is 11.1. The van der Waals surface area contributed by atoms with Crippen LogP contribution < -0.4 is 0 Å². The summed E-state index contributed by atoms with van der Waals surface area (Å²) in [6.45, 7) is 4.16. The molecule has 0 aliphatic heterocycles. The summed E-state index contributed by atoms with van der Waals surface area (Å²) < 4.78 is 1.90. The van der Waals surface area contributed by atoms with Crippen LogP contribution in [0.5, 0.6) is 0 Å². The summed E-state index contributed by atoms with van der Waals surface area (Å²) in [6, 6.07) is 8.47. The van der Waals surface area contributed by atoms with Crippen molar-refractivity contribution in [2.45, 2.75) is 51.2 Å². The van der Waals surface area contributed by atoms with E-state index in [9.17, 15) is 5.11 Å². The van der Waals surface area contributed by atoms with Crippen LogP contribution in [0.3, 0.4) is 0 Å². The standard InChI is InChI=1S/C16H21N3O/c1-12(2)19-15(17-11-18-19)10-16(20)9-5-7-13-6-3-4-8-14(13)16/h3-4,6,8,11-12,20H,5,7,9-10H2,1-2H3. The molecule has 2 aromatic rings. The number of fused-ring (bicyclic) bond motifs is 1. The smallest absolute Gasteiger partial charge is 0.138 e. The summed E-state index contributed by atoms with van der Waals surface area (Å²) in [5.41, 5.74) is 1.51. The molecule has 1 unspecified atom stereocenters. The molecule has 0 saturated carbocycles. The van der Waals surface area contributed by atoms with E-state index in [1.807, 2.05) is 22.9 Å². The molecular weight excluding hydrogens is 250 g/mol. The van der Waals surface area contributed by atoms with Crippen LogP contribution in [0.4, 0.5) is 0 Å². The fraction of sp³-hybridized carbons (Fsp3) is 0.500. The Morgan fingerprint density at radius 1 is 1.35 bits per heavy atom. The Morgan fingerprint density at radius 2 is 2.15 bits per heavy atom. The average Bonchev–Trinajstić information content (AvgIpc) is 2.87. The van der Waals surface area contributed by atoms with Crippen LogP contribution >= 0.6 is 0 Å². The first-order valence-corrected chi connectivity index (χ1v) is 7.29. The van der Waals surface area contributed by atoms with E-state index in [1.165, 1.54) is 5.56 Å². The molecule has 1 aromatic carbocycles. The molecule has 1 atom stereocenters. The van der Waals surface area contributed by atoms with Crippen molar-refractivity contribution in [3.05, 3.63) is 47.5 Å². The maximum atomic E-state index is 11.1. The summed E-state index contributed by atoms with van der Waals surface area (Å²) in [7, 11) is 0. The van der Waals surface area contributed by atoms with Crippen molar-refractivity contribution in [1.29, 1.82) is 0 Å². The summed E-state index contributed by atoms with van der Waals surface area (Å²) in [5, 5.41) is 15.4. The van der Waals surface area contributed by atoms with Gasteiger partial charge in [0.15, 0.2) is 0 Å². The number of nitrogens with zero attached hydrogens (tertiary/aromatic N) is 3. The molecule has 1 N–H and O–H groups in total. The van der Waals surface area contributed by atoms with Gasteiger partial charge in [-0.25, -0.2) is 9.67 Å². The third-order valence-electron chi connectivity index (χ3n) is 4.14. The molecule has 20 heavy (non-hydrogen) atoms. The third kappa shape index (κ3) is 2.24. The molecule has 3 rings (SSSR count). The number of benzene rings is 1. The summed E-state index contributed by atoms with van der Waals surface area (Å²) in [6.07, 6.45) is 4.96. The third-order valence-corrected chi connectivity index (χ3v) is 4.14. The molecule has 4 heteroatoms. The van der Waals surface area contributed by atoms with E-state index in [4.69, 9.17) is 0 Å². The zero-order chi connectivity index (χ0) is 14.2. The van der Waals surface area contributed by atoms with Crippen LogP contribution in [-0.2, 0) is 18.4 Å². The first-order valence-electron chi connectivity index (χ1n) is 7.29. The van der Waals surface area contributed by atoms with Gasteiger partial charge in [0.05, 0.1) is 5.60 Å². The van der Waals surface area contributed by atoms with Gasteiger partial charge in [0.1, 0.15) is 12.2 Å². The molecule has 1 aliphatic carbocycles. The second-order valence-electron chi connectivity index (χ2n) is 5.93. The lowest BCUT2D eigenvalue weighted by atomic mass is 9.77. The quantitative estimate of drug-likeness (QED) is 0.933. The van der Waals surface area contributed by atoms with Crippen molar-refractivity contribution in [2.24, 2.45) is 0 Å². The van der Waals surface area contributed by atoms with Gasteiger partial charge in [0, 0.05) is 12.5 Å². The van der Waals surface area contributed by atoms with Gasteiger partial charge >= 0.3 is 0 Å². The van der Waals surface area contributed by atoms with E-state index in [-0.39, 0.29) is 6.04 Å². The molecule has 1 heterocycles. The lowest BCUT2D eigenvalue weighted by Gasteiger charge is -2.34. The number of aromatic nitrogens is 3. The normalized spacial score (nSPS) is 22.0. The molecule has 1 aromatic heterocycles. The molecular formula is C16H21N3O. The van der Waals surface area contributed by atoms with Crippen LogP contribution in [0, 0.1) is 0 Å². The number of aliphatic hydroxyl groups is 1. The van der Waals surface area contributed by atoms with Crippen LogP contribution in [-0.4, -0.2) is 19.9 Å². The Labute approximate surface area is 119 Å². The SMILES string of the molecule is CC(C)n1ncnc1CC1(O)CCCc2ccccc21. The van der Waals surface area contributed by atoms with Crippen molar-refractivity contribution >= 4 is 0 Å². The van der Waals surface area contributed by atoms with Gasteiger partial charge in [-0.2, -0.15) is 5.10 Å². The highest BCUT2D eigenvalue weighted by Crippen LogP contribution is 2.37. The predicted octanol–water partition coefficient (Wildman–Crippen LogP) is 2.63. The van der Waals surface area contributed by atoms with E-state index in [0.29, 0.717) is 6.42 Å². The molecule has 0 radical (unpaired) electrons. The molecule has 106 valence electrons. The van der Waals surface area contributed by atoms with Crippen molar-refractivity contribution in [3.63, 3.8) is 0 Å². The Balaban J connectivity index is 1.96. The number of rotatable bonds is 3. The van der Waals surface area contributed by atoms with E-state index >= 15 is 0 Å². The topological polar surface area (TPSA) is 50.9 Å². The fourth-order valence-corrected chi connectivity index (χ4v) is 3.18. The van der Waals surface area contributed by atoms with Gasteiger partial charge in [0.25, 0.3) is 0 Å². The van der Waals surface area contributed by atoms with Crippen LogP contribution in [0.25, 0.3) is 0 Å².